The lowest BCUT2D eigenvalue weighted by molar-refractivity contribution is -0.115. The second-order valence-electron chi connectivity index (χ2n) is 6.72. The summed E-state index contributed by atoms with van der Waals surface area (Å²) in [6.45, 7) is 0. The highest BCUT2D eigenvalue weighted by Gasteiger charge is 2.08. The molecule has 0 unspecified atom stereocenters. The Balaban J connectivity index is 1.38. The van der Waals surface area contributed by atoms with E-state index in [1.807, 2.05) is 24.3 Å². The van der Waals surface area contributed by atoms with Crippen LogP contribution in [0.5, 0.6) is 5.75 Å². The molecule has 0 saturated heterocycles. The molecule has 0 atom stereocenters. The Morgan fingerprint density at radius 1 is 1.03 bits per heavy atom. The van der Waals surface area contributed by atoms with Gasteiger partial charge in [0.15, 0.2) is 5.11 Å². The van der Waals surface area contributed by atoms with Crippen molar-refractivity contribution in [3.05, 3.63) is 84.2 Å². The number of methoxy groups -OCH3 is 1. The third-order valence-electron chi connectivity index (χ3n) is 4.48. The first-order valence-electron chi connectivity index (χ1n) is 9.57. The fourth-order valence-electron chi connectivity index (χ4n) is 2.89. The molecule has 3 aromatic carbocycles. The molecular formula is C23H18FN5O2S. The molecule has 7 nitrogen and oxygen atoms in total. The predicted octanol–water partition coefficient (Wildman–Crippen LogP) is 4.09. The Morgan fingerprint density at radius 2 is 1.75 bits per heavy atom. The molecule has 1 amide bonds. The summed E-state index contributed by atoms with van der Waals surface area (Å²) >= 11 is 5.22. The van der Waals surface area contributed by atoms with Gasteiger partial charge >= 0.3 is 0 Å². The maximum atomic E-state index is 13.1. The summed E-state index contributed by atoms with van der Waals surface area (Å²) < 4.78 is 18.2. The fraction of sp³-hybridized carbons (Fsp3) is 0.0435. The van der Waals surface area contributed by atoms with Gasteiger partial charge in [-0.2, -0.15) is 4.80 Å². The largest absolute Gasteiger partial charge is 0.497 e. The van der Waals surface area contributed by atoms with E-state index >= 15 is 0 Å². The number of carbonyl (C=O) groups excluding carboxylic acids is 1. The van der Waals surface area contributed by atoms with Gasteiger partial charge in [-0.25, -0.2) is 4.39 Å². The molecule has 32 heavy (non-hydrogen) atoms. The molecule has 0 aliphatic heterocycles. The summed E-state index contributed by atoms with van der Waals surface area (Å²) in [7, 11) is 1.59. The van der Waals surface area contributed by atoms with Gasteiger partial charge < -0.3 is 10.1 Å². The molecule has 0 aliphatic carbocycles. The number of nitrogens with one attached hydrogen (secondary N) is 2. The third kappa shape index (κ3) is 5.13. The number of ether oxygens (including phenoxy) is 1. The Labute approximate surface area is 188 Å². The van der Waals surface area contributed by atoms with Crippen molar-refractivity contribution in [1.29, 1.82) is 0 Å². The summed E-state index contributed by atoms with van der Waals surface area (Å²) in [5.41, 5.74) is 3.43. The highest BCUT2D eigenvalue weighted by atomic mass is 32.1. The zero-order valence-corrected chi connectivity index (χ0v) is 17.8. The number of hydrogen-bond acceptors (Lipinski definition) is 5. The number of rotatable bonds is 5. The van der Waals surface area contributed by atoms with Gasteiger partial charge in [-0.15, -0.1) is 10.2 Å². The van der Waals surface area contributed by atoms with Crippen LogP contribution in [0.3, 0.4) is 0 Å². The fourth-order valence-corrected chi connectivity index (χ4v) is 3.10. The minimum Gasteiger partial charge on any atom is -0.497 e. The number of aromatic nitrogens is 3. The van der Waals surface area contributed by atoms with E-state index < -0.39 is 0 Å². The standard InChI is InChI=1S/C23H18FN5O2S/c1-31-19-10-2-15(3-11-19)4-13-22(30)26-23(32)25-17-7-12-20-21(14-17)28-29(27-20)18-8-5-16(24)6-9-18/h2-14H,1H3,(H2,25,26,30,32). The van der Waals surface area contributed by atoms with Gasteiger partial charge in [0.2, 0.25) is 5.91 Å². The van der Waals surface area contributed by atoms with Crippen LogP contribution in [-0.4, -0.2) is 33.1 Å². The first-order valence-corrected chi connectivity index (χ1v) is 9.98. The number of hydrogen-bond donors (Lipinski definition) is 2. The number of halogens is 1. The molecule has 0 radical (unpaired) electrons. The van der Waals surface area contributed by atoms with Crippen molar-refractivity contribution >= 4 is 46.0 Å². The summed E-state index contributed by atoms with van der Waals surface area (Å²) in [5.74, 6) is 0.0552. The number of anilines is 1. The van der Waals surface area contributed by atoms with Crippen LogP contribution < -0.4 is 15.4 Å². The quantitative estimate of drug-likeness (QED) is 0.354. The molecule has 4 aromatic rings. The SMILES string of the molecule is COc1ccc(C=CC(=O)NC(=S)Nc2ccc3nn(-c4ccc(F)cc4)nc3c2)cc1. The van der Waals surface area contributed by atoms with Crippen molar-refractivity contribution in [2.45, 2.75) is 0 Å². The lowest BCUT2D eigenvalue weighted by Gasteiger charge is -2.07. The summed E-state index contributed by atoms with van der Waals surface area (Å²) in [6, 6.07) is 18.5. The minimum absolute atomic E-state index is 0.152. The van der Waals surface area contributed by atoms with E-state index in [2.05, 4.69) is 20.8 Å². The number of thiocarbonyl (C=S) groups is 1. The first-order chi connectivity index (χ1) is 15.5. The summed E-state index contributed by atoms with van der Waals surface area (Å²) in [4.78, 5) is 13.6. The zero-order chi connectivity index (χ0) is 22.5. The van der Waals surface area contributed by atoms with E-state index in [1.54, 1.807) is 43.5 Å². The molecule has 0 spiro atoms. The Kier molecular flexibility index (Phi) is 6.18. The van der Waals surface area contributed by atoms with E-state index in [0.717, 1.165) is 11.3 Å². The maximum absolute atomic E-state index is 13.1. The number of nitrogens with zero attached hydrogens (tertiary/aromatic N) is 3. The first kappa shape index (κ1) is 21.1. The van der Waals surface area contributed by atoms with Crippen LogP contribution in [-0.2, 0) is 4.79 Å². The maximum Gasteiger partial charge on any atom is 0.250 e. The van der Waals surface area contributed by atoms with Crippen LogP contribution in [0.4, 0.5) is 10.1 Å². The van der Waals surface area contributed by atoms with Gasteiger partial charge in [0, 0.05) is 11.8 Å². The highest BCUT2D eigenvalue weighted by molar-refractivity contribution is 7.80. The molecule has 0 fully saturated rings. The second-order valence-corrected chi connectivity index (χ2v) is 7.13. The van der Waals surface area contributed by atoms with Crippen LogP contribution in [0.15, 0.2) is 72.8 Å². The molecule has 0 saturated carbocycles. The number of fused-ring (bicyclic) bond motifs is 1. The van der Waals surface area contributed by atoms with Crippen molar-refractivity contribution in [1.82, 2.24) is 20.3 Å². The number of amides is 1. The number of benzene rings is 3. The van der Waals surface area contributed by atoms with Crippen LogP contribution in [0, 0.1) is 5.82 Å². The lowest BCUT2D eigenvalue weighted by atomic mass is 10.2. The van der Waals surface area contributed by atoms with Crippen LogP contribution in [0.2, 0.25) is 0 Å². The third-order valence-corrected chi connectivity index (χ3v) is 4.68. The number of carbonyl (C=O) groups is 1. The van der Waals surface area contributed by atoms with Gasteiger partial charge in [0.25, 0.3) is 0 Å². The average molecular weight is 447 g/mol. The average Bonchev–Trinajstić information content (AvgIpc) is 3.22. The van der Waals surface area contributed by atoms with Crippen molar-refractivity contribution in [2.75, 3.05) is 12.4 Å². The van der Waals surface area contributed by atoms with Crippen LogP contribution in [0.1, 0.15) is 5.56 Å². The predicted molar refractivity (Wildman–Crippen MR) is 125 cm³/mol. The summed E-state index contributed by atoms with van der Waals surface area (Å²) in [6.07, 6.45) is 3.07. The molecule has 4 rings (SSSR count). The zero-order valence-electron chi connectivity index (χ0n) is 16.9. The molecule has 9 heteroatoms. The van der Waals surface area contributed by atoms with E-state index in [9.17, 15) is 9.18 Å². The van der Waals surface area contributed by atoms with Crippen molar-refractivity contribution in [2.24, 2.45) is 0 Å². The second kappa shape index (κ2) is 9.36. The van der Waals surface area contributed by atoms with Gasteiger partial charge in [-0.3, -0.25) is 10.1 Å². The Morgan fingerprint density at radius 3 is 2.47 bits per heavy atom. The Bertz CT molecular complexity index is 1300. The normalized spacial score (nSPS) is 10.9. The molecule has 2 N–H and O–H groups in total. The van der Waals surface area contributed by atoms with Crippen molar-refractivity contribution in [3.63, 3.8) is 0 Å². The molecule has 1 heterocycles. The molecule has 0 bridgehead atoms. The van der Waals surface area contributed by atoms with Gasteiger partial charge in [-0.05, 0) is 78.5 Å². The minimum atomic E-state index is -0.360. The molecule has 0 aliphatic rings. The van der Waals surface area contributed by atoms with E-state index in [-0.39, 0.29) is 16.8 Å². The summed E-state index contributed by atoms with van der Waals surface area (Å²) in [5, 5.41) is 14.5. The van der Waals surface area contributed by atoms with Crippen LogP contribution >= 0.6 is 12.2 Å². The van der Waals surface area contributed by atoms with Gasteiger partial charge in [0.05, 0.1) is 12.8 Å². The molecule has 1 aromatic heterocycles. The van der Waals surface area contributed by atoms with E-state index in [1.165, 1.54) is 23.0 Å². The topological polar surface area (TPSA) is 81.1 Å². The smallest absolute Gasteiger partial charge is 0.250 e. The molecule has 160 valence electrons. The van der Waals surface area contributed by atoms with E-state index in [0.29, 0.717) is 22.4 Å². The Hall–Kier alpha value is -4.11. The lowest BCUT2D eigenvalue weighted by Crippen LogP contribution is -2.32. The molecular weight excluding hydrogens is 429 g/mol. The van der Waals surface area contributed by atoms with Crippen molar-refractivity contribution in [3.8, 4) is 11.4 Å². The highest BCUT2D eigenvalue weighted by Crippen LogP contribution is 2.18. The van der Waals surface area contributed by atoms with Gasteiger partial charge in [-0.1, -0.05) is 12.1 Å². The van der Waals surface area contributed by atoms with Crippen molar-refractivity contribution < 1.29 is 13.9 Å². The van der Waals surface area contributed by atoms with E-state index in [4.69, 9.17) is 17.0 Å². The van der Waals surface area contributed by atoms with Gasteiger partial charge in [0.1, 0.15) is 22.6 Å². The van der Waals surface area contributed by atoms with Crippen LogP contribution in [0.25, 0.3) is 22.8 Å². The monoisotopic (exact) mass is 447 g/mol.